The topological polar surface area (TPSA) is 48.6 Å². The Hall–Kier alpha value is -3.32. The molecule has 0 unspecified atom stereocenters. The molecule has 33 heavy (non-hydrogen) atoms. The molecule has 2 aromatic rings. The molecule has 0 saturated carbocycles. The Labute approximate surface area is 200 Å². The van der Waals surface area contributed by atoms with Gasteiger partial charge in [-0.3, -0.25) is 4.99 Å². The second kappa shape index (κ2) is 14.7. The first-order valence-electron chi connectivity index (χ1n) is 11.6. The summed E-state index contributed by atoms with van der Waals surface area (Å²) in [6, 6.07) is 14.0. The third-order valence-corrected chi connectivity index (χ3v) is 5.64. The van der Waals surface area contributed by atoms with Crippen LogP contribution in [0.2, 0.25) is 0 Å². The Kier molecular flexibility index (Phi) is 12.3. The number of benzene rings is 2. The molecule has 0 N–H and O–H groups in total. The fourth-order valence-electron chi connectivity index (χ4n) is 3.82. The normalized spacial score (nSPS) is 10.4. The number of allylic oxidation sites excluding steroid dienone is 1. The summed E-state index contributed by atoms with van der Waals surface area (Å²) in [4.78, 5) is 6.04. The third-order valence-electron chi connectivity index (χ3n) is 5.64. The maximum Gasteiger partial charge on any atom is 0.129 e. The van der Waals surface area contributed by atoms with Gasteiger partial charge in [0.1, 0.15) is 5.75 Å². The third kappa shape index (κ3) is 8.27. The van der Waals surface area contributed by atoms with Crippen LogP contribution in [0.1, 0.15) is 56.2 Å². The van der Waals surface area contributed by atoms with Crippen molar-refractivity contribution in [2.75, 3.05) is 14.1 Å². The zero-order valence-electron chi connectivity index (χ0n) is 21.2. The molecule has 4 heteroatoms. The minimum absolute atomic E-state index is 0.619. The number of rotatable bonds is 10. The van der Waals surface area contributed by atoms with Gasteiger partial charge in [-0.25, -0.2) is 0 Å². The van der Waals surface area contributed by atoms with Crippen molar-refractivity contribution in [2.24, 2.45) is 10.9 Å². The maximum atomic E-state index is 9.08. The van der Waals surface area contributed by atoms with Crippen LogP contribution in [0.4, 0.5) is 0 Å². The predicted molar refractivity (Wildman–Crippen MR) is 142 cm³/mol. The van der Waals surface area contributed by atoms with Crippen molar-refractivity contribution in [2.45, 2.75) is 53.4 Å². The van der Waals surface area contributed by atoms with Crippen molar-refractivity contribution in [3.8, 4) is 22.9 Å². The molecule has 2 rings (SSSR count). The van der Waals surface area contributed by atoms with Crippen molar-refractivity contribution in [1.82, 2.24) is 4.90 Å². The van der Waals surface area contributed by atoms with Gasteiger partial charge in [0.2, 0.25) is 0 Å². The first-order valence-corrected chi connectivity index (χ1v) is 11.6. The molecular formula is C29H39N3O. The molecule has 0 aliphatic heterocycles. The Morgan fingerprint density at radius 3 is 2.36 bits per heavy atom. The molecule has 0 amide bonds. The van der Waals surface area contributed by atoms with Crippen molar-refractivity contribution >= 4 is 6.34 Å². The molecule has 0 aromatic heterocycles. The average Bonchev–Trinajstić information content (AvgIpc) is 2.80. The largest absolute Gasteiger partial charge is 0.465 e. The highest BCUT2D eigenvalue weighted by Gasteiger charge is 2.13. The van der Waals surface area contributed by atoms with Crippen LogP contribution in [0, 0.1) is 31.1 Å². The Balaban J connectivity index is 0.000000349. The van der Waals surface area contributed by atoms with E-state index >= 15 is 0 Å². The molecule has 0 radical (unpaired) electrons. The highest BCUT2D eigenvalue weighted by molar-refractivity contribution is 5.71. The van der Waals surface area contributed by atoms with Crippen molar-refractivity contribution in [1.29, 1.82) is 5.26 Å². The first kappa shape index (κ1) is 27.7. The summed E-state index contributed by atoms with van der Waals surface area (Å²) in [5.74, 6) is 1.42. The minimum Gasteiger partial charge on any atom is -0.465 e. The molecule has 0 fully saturated rings. The predicted octanol–water partition coefficient (Wildman–Crippen LogP) is 7.67. The number of hydrogen-bond donors (Lipinski definition) is 0. The number of ether oxygens (including phenoxy) is 1. The molecule has 0 aliphatic carbocycles. The highest BCUT2D eigenvalue weighted by Crippen LogP contribution is 2.29. The molecule has 4 nitrogen and oxygen atoms in total. The van der Waals surface area contributed by atoms with E-state index in [0.29, 0.717) is 11.5 Å². The van der Waals surface area contributed by atoms with Gasteiger partial charge in [0.25, 0.3) is 0 Å². The maximum absolute atomic E-state index is 9.08. The van der Waals surface area contributed by atoms with Crippen molar-refractivity contribution in [3.63, 3.8) is 0 Å². The van der Waals surface area contributed by atoms with Crippen LogP contribution in [0.3, 0.4) is 0 Å². The standard InChI is InChI=1S/C17H15NO.C12H24N2/c1-4-19-17-9-8-14(10-12(17)2)16-7-5-6-15(11-18)13(16)3;1-6-8-12(9-7-2)11(3)14(5)10-13-4/h4-10H,1H2,2-3H3;10,12H,3,6-9H2,1-2,4-5H3. The highest BCUT2D eigenvalue weighted by atomic mass is 16.5. The van der Waals surface area contributed by atoms with E-state index in [-0.39, 0.29) is 0 Å². The fraction of sp³-hybridized carbons (Fsp3) is 0.379. The summed E-state index contributed by atoms with van der Waals surface area (Å²) >= 11 is 0. The van der Waals surface area contributed by atoms with E-state index in [1.165, 1.54) is 37.6 Å². The van der Waals surface area contributed by atoms with Crippen LogP contribution in [0.5, 0.6) is 5.75 Å². The van der Waals surface area contributed by atoms with Gasteiger partial charge in [0.05, 0.1) is 24.2 Å². The number of nitriles is 1. The van der Waals surface area contributed by atoms with Crippen molar-refractivity contribution < 1.29 is 4.74 Å². The summed E-state index contributed by atoms with van der Waals surface area (Å²) in [7, 11) is 3.81. The number of hydrogen-bond acceptors (Lipinski definition) is 3. The van der Waals surface area contributed by atoms with Crippen LogP contribution in [0.25, 0.3) is 11.1 Å². The number of nitrogens with zero attached hydrogens (tertiary/aromatic N) is 3. The van der Waals surface area contributed by atoms with E-state index in [2.05, 4.69) is 44.1 Å². The van der Waals surface area contributed by atoms with E-state index < -0.39 is 0 Å². The first-order chi connectivity index (χ1) is 15.8. The van der Waals surface area contributed by atoms with E-state index in [1.54, 1.807) is 7.05 Å². The molecular weight excluding hydrogens is 406 g/mol. The SMILES string of the molecule is C=C(C(CCC)CCC)N(C)C=NC.C=COc1ccc(-c2cccc(C#N)c2C)cc1C. The van der Waals surface area contributed by atoms with Gasteiger partial charge in [-0.15, -0.1) is 0 Å². The van der Waals surface area contributed by atoms with E-state index in [0.717, 1.165) is 28.0 Å². The van der Waals surface area contributed by atoms with Crippen LogP contribution < -0.4 is 4.74 Å². The average molecular weight is 446 g/mol. The van der Waals surface area contributed by atoms with Crippen LogP contribution in [-0.2, 0) is 0 Å². The van der Waals surface area contributed by atoms with Crippen LogP contribution in [-0.4, -0.2) is 25.3 Å². The molecule has 0 atom stereocenters. The Morgan fingerprint density at radius 2 is 1.85 bits per heavy atom. The van der Waals surface area contributed by atoms with E-state index in [9.17, 15) is 0 Å². The smallest absolute Gasteiger partial charge is 0.129 e. The molecule has 0 aliphatic rings. The summed E-state index contributed by atoms with van der Waals surface area (Å²) in [6.07, 6.45) is 8.16. The van der Waals surface area contributed by atoms with Gasteiger partial charge in [-0.05, 0) is 73.1 Å². The summed E-state index contributed by atoms with van der Waals surface area (Å²) in [5.41, 5.74) is 6.11. The van der Waals surface area contributed by atoms with Gasteiger partial charge < -0.3 is 9.64 Å². The zero-order valence-corrected chi connectivity index (χ0v) is 21.2. The second-order valence-electron chi connectivity index (χ2n) is 8.10. The molecule has 176 valence electrons. The van der Waals surface area contributed by atoms with Crippen LogP contribution in [0.15, 0.2) is 66.5 Å². The lowest BCUT2D eigenvalue weighted by molar-refractivity contribution is 0.427. The minimum atomic E-state index is 0.619. The Morgan fingerprint density at radius 1 is 1.18 bits per heavy atom. The molecule has 2 aromatic carbocycles. The molecule has 0 bridgehead atoms. The van der Waals surface area contributed by atoms with Gasteiger partial charge in [-0.2, -0.15) is 5.26 Å². The van der Waals surface area contributed by atoms with Gasteiger partial charge in [0.15, 0.2) is 0 Å². The number of aryl methyl sites for hydroxylation is 1. The summed E-state index contributed by atoms with van der Waals surface area (Å²) < 4.78 is 5.31. The lowest BCUT2D eigenvalue weighted by Gasteiger charge is -2.24. The summed E-state index contributed by atoms with van der Waals surface area (Å²) in [6.45, 7) is 16.1. The monoisotopic (exact) mass is 445 g/mol. The van der Waals surface area contributed by atoms with Crippen LogP contribution >= 0.6 is 0 Å². The number of aliphatic imine (C=N–C) groups is 1. The van der Waals surface area contributed by atoms with Gasteiger partial charge in [-0.1, -0.05) is 58.0 Å². The Bertz CT molecular complexity index is 979. The molecule has 0 spiro atoms. The fourth-order valence-corrected chi connectivity index (χ4v) is 3.82. The zero-order chi connectivity index (χ0) is 24.8. The summed E-state index contributed by atoms with van der Waals surface area (Å²) in [5, 5.41) is 9.08. The van der Waals surface area contributed by atoms with Gasteiger partial charge >= 0.3 is 0 Å². The molecule has 0 saturated heterocycles. The quantitative estimate of drug-likeness (QED) is 0.214. The van der Waals surface area contributed by atoms with Crippen molar-refractivity contribution in [3.05, 3.63) is 78.2 Å². The lowest BCUT2D eigenvalue weighted by atomic mass is 9.95. The van der Waals surface area contributed by atoms with E-state index in [4.69, 9.17) is 10.00 Å². The second-order valence-corrected chi connectivity index (χ2v) is 8.10. The molecule has 0 heterocycles. The lowest BCUT2D eigenvalue weighted by Crippen LogP contribution is -2.21. The van der Waals surface area contributed by atoms with Gasteiger partial charge in [0, 0.05) is 19.8 Å². The van der Waals surface area contributed by atoms with E-state index in [1.807, 2.05) is 62.5 Å².